The number of nitrogens with zero attached hydrogens (tertiary/aromatic N) is 3. The van der Waals surface area contributed by atoms with Crippen molar-refractivity contribution in [3.05, 3.63) is 53.9 Å². The van der Waals surface area contributed by atoms with Crippen LogP contribution in [-0.2, 0) is 6.54 Å². The van der Waals surface area contributed by atoms with Crippen molar-refractivity contribution in [1.82, 2.24) is 20.4 Å². The molecule has 2 aromatic rings. The van der Waals surface area contributed by atoms with E-state index in [1.54, 1.807) is 13.2 Å². The van der Waals surface area contributed by atoms with Crippen LogP contribution in [0.1, 0.15) is 30.4 Å². The Kier molecular flexibility index (Phi) is 9.44. The van der Waals surface area contributed by atoms with Crippen LogP contribution in [0.5, 0.6) is 0 Å². The lowest BCUT2D eigenvalue weighted by Crippen LogP contribution is -2.39. The fraction of sp³-hybridized carbons (Fsp3) is 0.444. The summed E-state index contributed by atoms with van der Waals surface area (Å²) in [6, 6.07) is 10.6. The van der Waals surface area contributed by atoms with E-state index in [4.69, 9.17) is 0 Å². The van der Waals surface area contributed by atoms with Crippen LogP contribution in [-0.4, -0.2) is 35.9 Å². The minimum absolute atomic E-state index is 0. The molecule has 0 aliphatic carbocycles. The first-order valence-corrected chi connectivity index (χ1v) is 8.17. The fourth-order valence-electron chi connectivity index (χ4n) is 2.45. The highest BCUT2D eigenvalue weighted by Crippen LogP contribution is 2.15. The number of aliphatic imine (C=N–C) groups is 1. The smallest absolute Gasteiger partial charge is 0.190 e. The van der Waals surface area contributed by atoms with Crippen LogP contribution in [0.4, 0.5) is 0 Å². The van der Waals surface area contributed by atoms with Crippen molar-refractivity contribution in [3.8, 4) is 0 Å². The molecule has 1 aromatic carbocycles. The summed E-state index contributed by atoms with van der Waals surface area (Å²) in [6.45, 7) is 7.01. The second kappa shape index (κ2) is 11.1. The molecule has 0 spiro atoms. The number of aromatic nitrogens is 2. The number of rotatable bonds is 7. The summed E-state index contributed by atoms with van der Waals surface area (Å²) < 4.78 is 1.94. The molecule has 1 unspecified atom stereocenters. The predicted molar refractivity (Wildman–Crippen MR) is 111 cm³/mol. The largest absolute Gasteiger partial charge is 0.356 e. The highest BCUT2D eigenvalue weighted by atomic mass is 127. The van der Waals surface area contributed by atoms with Gasteiger partial charge in [0, 0.05) is 39.1 Å². The quantitative estimate of drug-likeness (QED) is 0.301. The lowest BCUT2D eigenvalue weighted by molar-refractivity contribution is 0.569. The van der Waals surface area contributed by atoms with Crippen molar-refractivity contribution in [2.75, 3.05) is 20.1 Å². The van der Waals surface area contributed by atoms with Gasteiger partial charge in [-0.15, -0.1) is 24.0 Å². The summed E-state index contributed by atoms with van der Waals surface area (Å²) in [7, 11) is 1.81. The Morgan fingerprint density at radius 3 is 2.79 bits per heavy atom. The van der Waals surface area contributed by atoms with Gasteiger partial charge in [0.2, 0.25) is 0 Å². The number of aryl methyl sites for hydroxylation is 2. The normalized spacial score (nSPS) is 12.4. The minimum atomic E-state index is 0. The highest BCUT2D eigenvalue weighted by Gasteiger charge is 2.06. The monoisotopic (exact) mass is 441 g/mol. The van der Waals surface area contributed by atoms with E-state index in [1.807, 2.05) is 16.9 Å². The van der Waals surface area contributed by atoms with Gasteiger partial charge in [0.1, 0.15) is 0 Å². The molecule has 24 heavy (non-hydrogen) atoms. The summed E-state index contributed by atoms with van der Waals surface area (Å²) in [5, 5.41) is 10.9. The van der Waals surface area contributed by atoms with Crippen molar-refractivity contribution in [1.29, 1.82) is 0 Å². The van der Waals surface area contributed by atoms with Crippen LogP contribution in [0.3, 0.4) is 0 Å². The van der Waals surface area contributed by atoms with E-state index < -0.39 is 0 Å². The summed E-state index contributed by atoms with van der Waals surface area (Å²) >= 11 is 0. The van der Waals surface area contributed by atoms with Crippen LogP contribution < -0.4 is 10.6 Å². The van der Waals surface area contributed by atoms with Crippen molar-refractivity contribution >= 4 is 29.9 Å². The summed E-state index contributed by atoms with van der Waals surface area (Å²) in [5.41, 5.74) is 2.65. The second-order valence-electron chi connectivity index (χ2n) is 5.82. The molecule has 0 saturated heterocycles. The Labute approximate surface area is 162 Å². The standard InChI is InChI=1S/C18H27N5.HI/c1-15-7-4-8-17(13-15)16(2)14-21-18(19-3)20-9-5-11-23-12-6-10-22-23;/h4,6-8,10,12-13,16H,5,9,11,14H2,1-3H3,(H2,19,20,21);1H. The molecule has 1 atom stereocenters. The molecule has 0 radical (unpaired) electrons. The van der Waals surface area contributed by atoms with E-state index in [-0.39, 0.29) is 24.0 Å². The summed E-state index contributed by atoms with van der Waals surface area (Å²) in [4.78, 5) is 4.28. The molecule has 0 amide bonds. The van der Waals surface area contributed by atoms with Crippen molar-refractivity contribution in [3.63, 3.8) is 0 Å². The van der Waals surface area contributed by atoms with Gasteiger partial charge in [0.05, 0.1) is 0 Å². The molecule has 0 fully saturated rings. The Bertz CT molecular complexity index is 610. The van der Waals surface area contributed by atoms with Gasteiger partial charge < -0.3 is 10.6 Å². The molecule has 6 heteroatoms. The van der Waals surface area contributed by atoms with Crippen LogP contribution in [0.15, 0.2) is 47.7 Å². The Morgan fingerprint density at radius 1 is 1.29 bits per heavy atom. The van der Waals surface area contributed by atoms with E-state index in [2.05, 4.69) is 58.8 Å². The Hall–Kier alpha value is -1.57. The maximum absolute atomic E-state index is 4.28. The lowest BCUT2D eigenvalue weighted by Gasteiger charge is -2.16. The molecular weight excluding hydrogens is 413 g/mol. The first kappa shape index (κ1) is 20.5. The maximum Gasteiger partial charge on any atom is 0.190 e. The Morgan fingerprint density at radius 2 is 2.12 bits per heavy atom. The Balaban J connectivity index is 0.00000288. The van der Waals surface area contributed by atoms with Crippen molar-refractivity contribution in [2.45, 2.75) is 32.7 Å². The number of hydrogen-bond donors (Lipinski definition) is 2. The topological polar surface area (TPSA) is 54.2 Å². The van der Waals surface area contributed by atoms with Gasteiger partial charge in [0.25, 0.3) is 0 Å². The van der Waals surface area contributed by atoms with E-state index in [1.165, 1.54) is 11.1 Å². The van der Waals surface area contributed by atoms with Crippen LogP contribution >= 0.6 is 24.0 Å². The third-order valence-electron chi connectivity index (χ3n) is 3.83. The highest BCUT2D eigenvalue weighted by molar-refractivity contribution is 14.0. The zero-order valence-corrected chi connectivity index (χ0v) is 17.0. The molecule has 1 heterocycles. The number of nitrogens with one attached hydrogen (secondary N) is 2. The zero-order valence-electron chi connectivity index (χ0n) is 14.7. The fourth-order valence-corrected chi connectivity index (χ4v) is 2.45. The lowest BCUT2D eigenvalue weighted by atomic mass is 9.99. The maximum atomic E-state index is 4.28. The van der Waals surface area contributed by atoms with E-state index >= 15 is 0 Å². The molecule has 1 aromatic heterocycles. The van der Waals surface area contributed by atoms with Gasteiger partial charge in [-0.25, -0.2) is 0 Å². The SMILES string of the molecule is CN=C(NCCCn1cccn1)NCC(C)c1cccc(C)c1.I. The average Bonchev–Trinajstić information content (AvgIpc) is 3.07. The van der Waals surface area contributed by atoms with Crippen LogP contribution in [0, 0.1) is 6.92 Å². The number of guanidine groups is 1. The van der Waals surface area contributed by atoms with Crippen molar-refractivity contribution in [2.24, 2.45) is 4.99 Å². The summed E-state index contributed by atoms with van der Waals surface area (Å²) in [6.07, 6.45) is 4.80. The van der Waals surface area contributed by atoms with E-state index in [0.29, 0.717) is 5.92 Å². The molecule has 5 nitrogen and oxygen atoms in total. The van der Waals surface area contributed by atoms with Crippen molar-refractivity contribution < 1.29 is 0 Å². The predicted octanol–water partition coefficient (Wildman–Crippen LogP) is 3.17. The molecule has 2 N–H and O–H groups in total. The first-order chi connectivity index (χ1) is 11.2. The number of halogens is 1. The van der Waals surface area contributed by atoms with Gasteiger partial charge >= 0.3 is 0 Å². The van der Waals surface area contributed by atoms with Crippen LogP contribution in [0.2, 0.25) is 0 Å². The third-order valence-corrected chi connectivity index (χ3v) is 3.83. The molecule has 0 bridgehead atoms. The molecule has 132 valence electrons. The van der Waals surface area contributed by atoms with Gasteiger partial charge in [-0.3, -0.25) is 9.67 Å². The van der Waals surface area contributed by atoms with Crippen LogP contribution in [0.25, 0.3) is 0 Å². The van der Waals surface area contributed by atoms with Gasteiger partial charge in [-0.1, -0.05) is 36.8 Å². The number of hydrogen-bond acceptors (Lipinski definition) is 2. The summed E-state index contributed by atoms with van der Waals surface area (Å²) in [5.74, 6) is 1.29. The van der Waals surface area contributed by atoms with E-state index in [9.17, 15) is 0 Å². The minimum Gasteiger partial charge on any atom is -0.356 e. The second-order valence-corrected chi connectivity index (χ2v) is 5.82. The molecule has 0 aliphatic heterocycles. The molecule has 2 rings (SSSR count). The van der Waals surface area contributed by atoms with Gasteiger partial charge in [-0.05, 0) is 30.9 Å². The molecular formula is C18H28IN5. The van der Waals surface area contributed by atoms with E-state index in [0.717, 1.165) is 32.0 Å². The first-order valence-electron chi connectivity index (χ1n) is 8.17. The zero-order chi connectivity index (χ0) is 16.5. The molecule has 0 saturated carbocycles. The molecule has 0 aliphatic rings. The third kappa shape index (κ3) is 6.90. The van der Waals surface area contributed by atoms with Gasteiger partial charge in [-0.2, -0.15) is 5.10 Å². The number of benzene rings is 1. The average molecular weight is 441 g/mol. The van der Waals surface area contributed by atoms with Gasteiger partial charge in [0.15, 0.2) is 5.96 Å².